The Hall–Kier alpha value is -3.07. The SMILES string of the molecule is CCCOC(=O)c1cccc(NC(=O)Cn2nnc3sc4c(c3c2=O)CCCC4)c1. The fraction of sp³-hybridized carbons (Fsp3) is 0.381. The van der Waals surface area contributed by atoms with E-state index in [2.05, 4.69) is 15.6 Å². The van der Waals surface area contributed by atoms with Crippen LogP contribution in [0, 0.1) is 0 Å². The maximum atomic E-state index is 12.9. The summed E-state index contributed by atoms with van der Waals surface area (Å²) >= 11 is 1.52. The number of benzene rings is 1. The molecule has 0 bridgehead atoms. The number of thiophene rings is 1. The molecule has 1 N–H and O–H groups in total. The summed E-state index contributed by atoms with van der Waals surface area (Å²) in [4.78, 5) is 39.3. The number of rotatable bonds is 6. The minimum atomic E-state index is -0.442. The number of hydrogen-bond donors (Lipinski definition) is 1. The molecular weight excluding hydrogens is 404 g/mol. The second-order valence-corrected chi connectivity index (χ2v) is 8.29. The molecular formula is C21H22N4O4S. The smallest absolute Gasteiger partial charge is 0.338 e. The van der Waals surface area contributed by atoms with Crippen LogP contribution < -0.4 is 10.9 Å². The molecule has 8 nitrogen and oxygen atoms in total. The number of aromatic nitrogens is 3. The molecule has 9 heteroatoms. The number of amides is 1. The van der Waals surface area contributed by atoms with Gasteiger partial charge in [0.15, 0.2) is 4.83 Å². The summed E-state index contributed by atoms with van der Waals surface area (Å²) in [6, 6.07) is 6.50. The third-order valence-corrected chi connectivity index (χ3v) is 6.13. The first-order chi connectivity index (χ1) is 14.6. The van der Waals surface area contributed by atoms with Crippen LogP contribution >= 0.6 is 11.3 Å². The number of nitrogens with one attached hydrogen (secondary N) is 1. The van der Waals surface area contributed by atoms with Crippen molar-refractivity contribution in [3.63, 3.8) is 0 Å². The van der Waals surface area contributed by atoms with Gasteiger partial charge in [-0.05, 0) is 55.9 Å². The first-order valence-electron chi connectivity index (χ1n) is 10.0. The van der Waals surface area contributed by atoms with Crippen molar-refractivity contribution in [2.45, 2.75) is 45.6 Å². The molecule has 4 rings (SSSR count). The highest BCUT2D eigenvalue weighted by Gasteiger charge is 2.21. The number of fused-ring (bicyclic) bond motifs is 3. The molecule has 1 aliphatic carbocycles. The minimum absolute atomic E-state index is 0.253. The molecule has 3 aromatic rings. The predicted octanol–water partition coefficient (Wildman–Crippen LogP) is 2.94. The highest BCUT2D eigenvalue weighted by molar-refractivity contribution is 7.18. The molecule has 2 heterocycles. The highest BCUT2D eigenvalue weighted by atomic mass is 32.1. The average Bonchev–Trinajstić information content (AvgIpc) is 3.13. The number of hydrogen-bond acceptors (Lipinski definition) is 7. The van der Waals surface area contributed by atoms with Crippen LogP contribution in [0.3, 0.4) is 0 Å². The van der Waals surface area contributed by atoms with Crippen molar-refractivity contribution in [1.82, 2.24) is 15.0 Å². The van der Waals surface area contributed by atoms with Gasteiger partial charge >= 0.3 is 5.97 Å². The lowest BCUT2D eigenvalue weighted by Crippen LogP contribution is -2.30. The van der Waals surface area contributed by atoms with E-state index in [1.807, 2.05) is 6.92 Å². The maximum Gasteiger partial charge on any atom is 0.338 e. The minimum Gasteiger partial charge on any atom is -0.462 e. The van der Waals surface area contributed by atoms with Crippen molar-refractivity contribution in [3.8, 4) is 0 Å². The zero-order valence-electron chi connectivity index (χ0n) is 16.6. The largest absolute Gasteiger partial charge is 0.462 e. The van der Waals surface area contributed by atoms with Crippen molar-refractivity contribution in [1.29, 1.82) is 0 Å². The fourth-order valence-corrected chi connectivity index (χ4v) is 4.75. The van der Waals surface area contributed by atoms with Gasteiger partial charge in [0.2, 0.25) is 5.91 Å². The Kier molecular flexibility index (Phi) is 5.89. The molecule has 1 aromatic carbocycles. The van der Waals surface area contributed by atoms with Gasteiger partial charge in [0.25, 0.3) is 5.56 Å². The number of carbonyl (C=O) groups excluding carboxylic acids is 2. The third-order valence-electron chi connectivity index (χ3n) is 4.96. The van der Waals surface area contributed by atoms with E-state index in [0.717, 1.165) is 42.3 Å². The molecule has 0 unspecified atom stereocenters. The lowest BCUT2D eigenvalue weighted by atomic mass is 9.97. The molecule has 2 aromatic heterocycles. The Labute approximate surface area is 176 Å². The van der Waals surface area contributed by atoms with E-state index in [-0.39, 0.29) is 12.1 Å². The van der Waals surface area contributed by atoms with Gasteiger partial charge in [-0.3, -0.25) is 9.59 Å². The summed E-state index contributed by atoms with van der Waals surface area (Å²) < 4.78 is 6.21. The Bertz CT molecular complexity index is 1170. The zero-order valence-corrected chi connectivity index (χ0v) is 17.5. The molecule has 30 heavy (non-hydrogen) atoms. The van der Waals surface area contributed by atoms with Crippen LogP contribution in [0.4, 0.5) is 5.69 Å². The van der Waals surface area contributed by atoms with Crippen molar-refractivity contribution in [2.75, 3.05) is 11.9 Å². The summed E-state index contributed by atoms with van der Waals surface area (Å²) in [6.45, 7) is 2.00. The molecule has 0 spiro atoms. The van der Waals surface area contributed by atoms with Gasteiger partial charge in [-0.25, -0.2) is 9.48 Å². The van der Waals surface area contributed by atoms with Gasteiger partial charge in [-0.15, -0.1) is 16.4 Å². The summed E-state index contributed by atoms with van der Waals surface area (Å²) in [5.74, 6) is -0.864. The van der Waals surface area contributed by atoms with Crippen LogP contribution in [-0.4, -0.2) is 33.5 Å². The van der Waals surface area contributed by atoms with E-state index in [1.54, 1.807) is 24.3 Å². The van der Waals surface area contributed by atoms with Gasteiger partial charge in [0.05, 0.1) is 17.6 Å². The lowest BCUT2D eigenvalue weighted by molar-refractivity contribution is -0.117. The van der Waals surface area contributed by atoms with E-state index in [4.69, 9.17) is 4.74 Å². The fourth-order valence-electron chi connectivity index (χ4n) is 3.55. The van der Waals surface area contributed by atoms with Crippen LogP contribution in [-0.2, 0) is 28.9 Å². The summed E-state index contributed by atoms with van der Waals surface area (Å²) in [5.41, 5.74) is 1.57. The van der Waals surface area contributed by atoms with Crippen LogP contribution in [0.15, 0.2) is 29.1 Å². The van der Waals surface area contributed by atoms with Gasteiger partial charge in [0.1, 0.15) is 6.54 Å². The second kappa shape index (κ2) is 8.74. The molecule has 1 aliphatic rings. The number of esters is 1. The molecule has 156 valence electrons. The van der Waals surface area contributed by atoms with Gasteiger partial charge in [-0.2, -0.15) is 0 Å². The first kappa shape index (κ1) is 20.2. The van der Waals surface area contributed by atoms with E-state index >= 15 is 0 Å². The molecule has 0 saturated carbocycles. The standard InChI is InChI=1S/C21H22N4O4S/c1-2-10-29-21(28)13-6-5-7-14(11-13)22-17(26)12-25-20(27)18-15-8-3-4-9-16(15)30-19(18)23-24-25/h5-7,11H,2-4,8-10,12H2,1H3,(H,22,26). The molecule has 0 aliphatic heterocycles. The number of carbonyl (C=O) groups is 2. The van der Waals surface area contributed by atoms with E-state index in [1.165, 1.54) is 16.2 Å². The summed E-state index contributed by atoms with van der Waals surface area (Å²) in [6.07, 6.45) is 4.74. The maximum absolute atomic E-state index is 12.9. The molecule has 0 atom stereocenters. The van der Waals surface area contributed by atoms with E-state index in [9.17, 15) is 14.4 Å². The molecule has 1 amide bonds. The van der Waals surface area contributed by atoms with Crippen LogP contribution in [0.2, 0.25) is 0 Å². The topological polar surface area (TPSA) is 103 Å². The highest BCUT2D eigenvalue weighted by Crippen LogP contribution is 2.33. The van der Waals surface area contributed by atoms with Crippen molar-refractivity contribution < 1.29 is 14.3 Å². The number of ether oxygens (including phenoxy) is 1. The molecule has 0 radical (unpaired) electrons. The Morgan fingerprint density at radius 1 is 1.27 bits per heavy atom. The molecule has 0 fully saturated rings. The Morgan fingerprint density at radius 2 is 2.10 bits per heavy atom. The van der Waals surface area contributed by atoms with Gasteiger partial charge in [0, 0.05) is 10.6 Å². The predicted molar refractivity (Wildman–Crippen MR) is 114 cm³/mol. The van der Waals surface area contributed by atoms with Crippen molar-refractivity contribution in [3.05, 3.63) is 50.6 Å². The Balaban J connectivity index is 1.51. The summed E-state index contributed by atoms with van der Waals surface area (Å²) in [5, 5.41) is 11.4. The monoisotopic (exact) mass is 426 g/mol. The summed E-state index contributed by atoms with van der Waals surface area (Å²) in [7, 11) is 0. The number of anilines is 1. The zero-order chi connectivity index (χ0) is 21.1. The van der Waals surface area contributed by atoms with Gasteiger partial charge < -0.3 is 10.1 Å². The Morgan fingerprint density at radius 3 is 2.93 bits per heavy atom. The molecule has 0 saturated heterocycles. The number of nitrogens with zero attached hydrogens (tertiary/aromatic N) is 3. The normalized spacial score (nSPS) is 13.1. The van der Waals surface area contributed by atoms with Crippen LogP contribution in [0.25, 0.3) is 10.2 Å². The van der Waals surface area contributed by atoms with E-state index in [0.29, 0.717) is 28.1 Å². The lowest BCUT2D eigenvalue weighted by Gasteiger charge is -2.10. The van der Waals surface area contributed by atoms with Crippen molar-refractivity contribution >= 4 is 39.1 Å². The third kappa shape index (κ3) is 4.11. The second-order valence-electron chi connectivity index (χ2n) is 7.21. The quantitative estimate of drug-likeness (QED) is 0.608. The first-order valence-corrected chi connectivity index (χ1v) is 10.8. The number of aryl methyl sites for hydroxylation is 2. The van der Waals surface area contributed by atoms with Crippen LogP contribution in [0.5, 0.6) is 0 Å². The van der Waals surface area contributed by atoms with Crippen LogP contribution in [0.1, 0.15) is 47.0 Å². The van der Waals surface area contributed by atoms with Gasteiger partial charge in [-0.1, -0.05) is 18.2 Å². The average molecular weight is 426 g/mol. The van der Waals surface area contributed by atoms with Crippen molar-refractivity contribution in [2.24, 2.45) is 0 Å². The van der Waals surface area contributed by atoms with E-state index < -0.39 is 11.9 Å².